The quantitative estimate of drug-likeness (QED) is 0.643. The Morgan fingerprint density at radius 2 is 2.20 bits per heavy atom. The number of ether oxygens (including phenoxy) is 2. The smallest absolute Gasteiger partial charge is 0.236 e. The van der Waals surface area contributed by atoms with Crippen molar-refractivity contribution in [2.24, 2.45) is 0 Å². The number of alkyl halides is 1. The fourth-order valence-electron chi connectivity index (χ4n) is 1.61. The largest absolute Gasteiger partial charge is 0.471 e. The van der Waals surface area contributed by atoms with E-state index in [2.05, 4.69) is 21.0 Å². The fraction of sp³-hybridized carbons (Fsp3) is 0.167. The summed E-state index contributed by atoms with van der Waals surface area (Å²) in [5, 5.41) is 12.6. The van der Waals surface area contributed by atoms with Crippen LogP contribution < -0.4 is 9.47 Å². The molecule has 0 atom stereocenters. The first-order valence-corrected chi connectivity index (χ1v) is 6.29. The van der Waals surface area contributed by atoms with Crippen LogP contribution in [0.5, 0.6) is 11.6 Å². The molecule has 0 saturated carbocycles. The van der Waals surface area contributed by atoms with Crippen LogP contribution in [-0.2, 0) is 6.61 Å². The average Bonchev–Trinajstić information content (AvgIpc) is 2.83. The monoisotopic (exact) mass is 344 g/mol. The molecule has 0 aliphatic carbocycles. The lowest BCUT2D eigenvalue weighted by molar-refractivity contribution is 0.109. The van der Waals surface area contributed by atoms with Gasteiger partial charge in [0.05, 0.1) is 6.20 Å². The van der Waals surface area contributed by atoms with E-state index in [0.717, 1.165) is 0 Å². The Hall–Kier alpha value is -2.09. The highest BCUT2D eigenvalue weighted by Gasteiger charge is 2.15. The molecule has 1 aromatic heterocycles. The number of halogens is 2. The molecule has 6 nitrogen and oxygen atoms in total. The molecule has 0 spiro atoms. The Balaban J connectivity index is 2.25. The Labute approximate surface area is 121 Å². The molecule has 1 aromatic carbocycles. The zero-order valence-electron chi connectivity index (χ0n) is 10.1. The summed E-state index contributed by atoms with van der Waals surface area (Å²) in [6.07, 6.45) is 1.29. The number of benzene rings is 1. The first kappa shape index (κ1) is 14.3. The molecular weight excluding hydrogens is 335 g/mol. The van der Waals surface area contributed by atoms with E-state index in [9.17, 15) is 9.18 Å². The van der Waals surface area contributed by atoms with Gasteiger partial charge >= 0.3 is 0 Å². The summed E-state index contributed by atoms with van der Waals surface area (Å²) in [6, 6.07) is 6.10. The summed E-state index contributed by atoms with van der Waals surface area (Å²) >= 11 is 2.85. The zero-order valence-corrected chi connectivity index (χ0v) is 11.7. The number of hydrogen-bond acceptors (Lipinski definition) is 5. The van der Waals surface area contributed by atoms with Gasteiger partial charge in [-0.15, -0.1) is 4.85 Å². The van der Waals surface area contributed by atoms with Gasteiger partial charge in [0.15, 0.2) is 0 Å². The number of carbonyl (C=O) groups is 1. The van der Waals surface area contributed by atoms with Gasteiger partial charge in [-0.1, -0.05) is 11.2 Å². The summed E-state index contributed by atoms with van der Waals surface area (Å²) < 4.78 is 22.1. The van der Waals surface area contributed by atoms with E-state index in [1.54, 1.807) is 12.1 Å². The van der Waals surface area contributed by atoms with Crippen molar-refractivity contribution in [1.29, 1.82) is 0 Å². The van der Waals surface area contributed by atoms with Crippen LogP contribution in [0.25, 0.3) is 0 Å². The molecule has 8 heteroatoms. The lowest BCUT2D eigenvalue weighted by Crippen LogP contribution is -2.06. The average molecular weight is 345 g/mol. The molecule has 2 aromatic rings. The summed E-state index contributed by atoms with van der Waals surface area (Å²) in [5.41, 5.74) is 0.693. The van der Waals surface area contributed by atoms with Crippen molar-refractivity contribution in [2.75, 3.05) is 6.86 Å². The zero-order chi connectivity index (χ0) is 14.5. The molecule has 0 radical (unpaired) electrons. The van der Waals surface area contributed by atoms with E-state index >= 15 is 0 Å². The second kappa shape index (κ2) is 6.38. The SMILES string of the molecule is O=C(Br)c1cccc(OCF)c1COc1ccn(O)n1. The van der Waals surface area contributed by atoms with Crippen molar-refractivity contribution in [2.45, 2.75) is 6.61 Å². The highest BCUT2D eigenvalue weighted by atomic mass is 79.9. The van der Waals surface area contributed by atoms with Gasteiger partial charge in [-0.3, -0.25) is 4.79 Å². The van der Waals surface area contributed by atoms with Crippen molar-refractivity contribution < 1.29 is 23.9 Å². The highest BCUT2D eigenvalue weighted by molar-refractivity contribution is 9.18. The second-order valence-electron chi connectivity index (χ2n) is 3.67. The predicted octanol–water partition coefficient (Wildman–Crippen LogP) is 2.54. The molecule has 0 bridgehead atoms. The topological polar surface area (TPSA) is 73.6 Å². The second-order valence-corrected chi connectivity index (χ2v) is 4.39. The molecule has 1 N–H and O–H groups in total. The maximum atomic E-state index is 12.3. The molecule has 1 heterocycles. The van der Waals surface area contributed by atoms with Gasteiger partial charge in [0.2, 0.25) is 17.4 Å². The third-order valence-electron chi connectivity index (χ3n) is 2.47. The summed E-state index contributed by atoms with van der Waals surface area (Å²) in [7, 11) is 0. The lowest BCUT2D eigenvalue weighted by Gasteiger charge is -2.12. The fourth-order valence-corrected chi connectivity index (χ4v) is 1.99. The minimum atomic E-state index is -1.02. The van der Waals surface area contributed by atoms with Gasteiger partial charge in [-0.25, -0.2) is 4.39 Å². The van der Waals surface area contributed by atoms with Crippen LogP contribution in [0.1, 0.15) is 15.9 Å². The van der Waals surface area contributed by atoms with Crippen LogP contribution >= 0.6 is 15.9 Å². The van der Waals surface area contributed by atoms with Gasteiger partial charge in [-0.05, 0) is 28.1 Å². The van der Waals surface area contributed by atoms with Crippen LogP contribution in [0.4, 0.5) is 4.39 Å². The van der Waals surface area contributed by atoms with E-state index in [1.165, 1.54) is 18.3 Å². The predicted molar refractivity (Wildman–Crippen MR) is 70.0 cm³/mol. The molecular formula is C12H10BrFN2O4. The van der Waals surface area contributed by atoms with Crippen molar-refractivity contribution in [1.82, 2.24) is 9.94 Å². The summed E-state index contributed by atoms with van der Waals surface area (Å²) in [6.45, 7) is -1.07. The van der Waals surface area contributed by atoms with E-state index in [4.69, 9.17) is 14.7 Å². The third kappa shape index (κ3) is 3.27. The Kier molecular flexibility index (Phi) is 4.57. The number of hydrogen-bond donors (Lipinski definition) is 1. The van der Waals surface area contributed by atoms with Gasteiger partial charge < -0.3 is 14.7 Å². The van der Waals surface area contributed by atoms with Crippen molar-refractivity contribution in [3.05, 3.63) is 41.6 Å². The van der Waals surface area contributed by atoms with Crippen LogP contribution in [-0.4, -0.2) is 26.7 Å². The molecule has 2 rings (SSSR count). The van der Waals surface area contributed by atoms with E-state index < -0.39 is 6.86 Å². The molecule has 0 amide bonds. The minimum Gasteiger partial charge on any atom is -0.471 e. The van der Waals surface area contributed by atoms with E-state index in [-0.39, 0.29) is 22.9 Å². The van der Waals surface area contributed by atoms with E-state index in [0.29, 0.717) is 16.0 Å². The maximum Gasteiger partial charge on any atom is 0.236 e. The van der Waals surface area contributed by atoms with Gasteiger partial charge in [0, 0.05) is 17.2 Å². The number of carbonyl (C=O) groups excluding carboxylic acids is 1. The normalized spacial score (nSPS) is 10.3. The molecule has 106 valence electrons. The first-order valence-electron chi connectivity index (χ1n) is 5.50. The van der Waals surface area contributed by atoms with Crippen molar-refractivity contribution in [3.8, 4) is 11.6 Å². The molecule has 0 aliphatic rings. The van der Waals surface area contributed by atoms with E-state index in [1.807, 2.05) is 0 Å². The van der Waals surface area contributed by atoms with Gasteiger partial charge in [0.1, 0.15) is 12.4 Å². The van der Waals surface area contributed by atoms with Crippen molar-refractivity contribution >= 4 is 20.6 Å². The standard InChI is InChI=1S/C12H10BrFN2O4/c13-12(17)8-2-1-3-10(20-7-14)9(8)6-19-11-4-5-16(18)15-11/h1-5,18H,6-7H2. The number of nitrogens with zero attached hydrogens (tertiary/aromatic N) is 2. The molecule has 20 heavy (non-hydrogen) atoms. The molecule has 0 unspecified atom stereocenters. The Morgan fingerprint density at radius 3 is 2.80 bits per heavy atom. The van der Waals surface area contributed by atoms with Crippen molar-refractivity contribution in [3.63, 3.8) is 0 Å². The van der Waals surface area contributed by atoms with Crippen LogP contribution in [0.15, 0.2) is 30.5 Å². The van der Waals surface area contributed by atoms with Gasteiger partial charge in [0.25, 0.3) is 0 Å². The summed E-state index contributed by atoms with van der Waals surface area (Å²) in [5.74, 6) is 0.372. The summed E-state index contributed by atoms with van der Waals surface area (Å²) in [4.78, 5) is 12.1. The first-order chi connectivity index (χ1) is 9.61. The van der Waals surface area contributed by atoms with Crippen LogP contribution in [0.3, 0.4) is 0 Å². The number of rotatable bonds is 6. The van der Waals surface area contributed by atoms with Gasteiger partial charge in [-0.2, -0.15) is 0 Å². The molecule has 0 saturated heterocycles. The highest BCUT2D eigenvalue weighted by Crippen LogP contribution is 2.26. The minimum absolute atomic E-state index is 0.0557. The third-order valence-corrected chi connectivity index (χ3v) is 2.90. The molecule has 0 fully saturated rings. The molecule has 0 aliphatic heterocycles. The number of aromatic nitrogens is 2. The maximum absolute atomic E-state index is 12.3. The Morgan fingerprint density at radius 1 is 1.40 bits per heavy atom. The lowest BCUT2D eigenvalue weighted by atomic mass is 10.1. The van der Waals surface area contributed by atoms with Crippen LogP contribution in [0.2, 0.25) is 0 Å². The van der Waals surface area contributed by atoms with Crippen LogP contribution in [0, 0.1) is 0 Å². The Bertz CT molecular complexity index is 617.